The highest BCUT2D eigenvalue weighted by molar-refractivity contribution is 5.71. The van der Waals surface area contributed by atoms with Crippen molar-refractivity contribution in [3.63, 3.8) is 0 Å². The van der Waals surface area contributed by atoms with Gasteiger partial charge in [-0.2, -0.15) is 0 Å². The van der Waals surface area contributed by atoms with E-state index < -0.39 is 0 Å². The number of hydrogen-bond donors (Lipinski definition) is 0. The molecule has 0 spiro atoms. The molecule has 0 aliphatic carbocycles. The fourth-order valence-electron chi connectivity index (χ4n) is 0.744. The van der Waals surface area contributed by atoms with Gasteiger partial charge in [0.25, 0.3) is 0 Å². The van der Waals surface area contributed by atoms with Crippen molar-refractivity contribution in [2.75, 3.05) is 6.61 Å². The third kappa shape index (κ3) is 2.31. The summed E-state index contributed by atoms with van der Waals surface area (Å²) in [6, 6.07) is 0. The van der Waals surface area contributed by atoms with Crippen LogP contribution in [0.3, 0.4) is 0 Å². The van der Waals surface area contributed by atoms with Crippen LogP contribution in [-0.4, -0.2) is 12.6 Å². The number of cyclic esters (lactones) is 1. The Morgan fingerprint density at radius 3 is 3.22 bits per heavy atom. The second-order valence-corrected chi connectivity index (χ2v) is 2.04. The van der Waals surface area contributed by atoms with E-state index in [1.807, 2.05) is 12.2 Å². The van der Waals surface area contributed by atoms with E-state index in [2.05, 4.69) is 0 Å². The lowest BCUT2D eigenvalue weighted by molar-refractivity contribution is -0.142. The molecule has 0 fully saturated rings. The number of hydrogen-bond acceptors (Lipinski definition) is 2. The predicted octanol–water partition coefficient (Wildman–Crippen LogP) is 1.27. The fourth-order valence-corrected chi connectivity index (χ4v) is 0.744. The number of ether oxygens (including phenoxy) is 1. The predicted molar refractivity (Wildman–Crippen MR) is 33.9 cm³/mol. The summed E-state index contributed by atoms with van der Waals surface area (Å²) in [6.45, 7) is 0.586. The van der Waals surface area contributed by atoms with Gasteiger partial charge in [0.05, 0.1) is 13.0 Å². The molecule has 0 amide bonds. The molecule has 0 N–H and O–H groups in total. The molecule has 0 aromatic heterocycles. The largest absolute Gasteiger partial charge is 0.465 e. The van der Waals surface area contributed by atoms with Gasteiger partial charge in [0, 0.05) is 0 Å². The van der Waals surface area contributed by atoms with E-state index in [0.29, 0.717) is 13.0 Å². The molecular formula is C7H10O2. The zero-order valence-corrected chi connectivity index (χ0v) is 5.30. The van der Waals surface area contributed by atoms with Gasteiger partial charge in [-0.05, 0) is 12.8 Å². The van der Waals surface area contributed by atoms with Gasteiger partial charge < -0.3 is 4.74 Å². The van der Waals surface area contributed by atoms with Gasteiger partial charge >= 0.3 is 5.97 Å². The number of carbonyl (C=O) groups is 1. The van der Waals surface area contributed by atoms with Crippen molar-refractivity contribution in [1.29, 1.82) is 0 Å². The molecule has 0 unspecified atom stereocenters. The fraction of sp³-hybridized carbons (Fsp3) is 0.571. The molecule has 2 nitrogen and oxygen atoms in total. The Labute approximate surface area is 54.5 Å². The van der Waals surface area contributed by atoms with Gasteiger partial charge in [0.2, 0.25) is 0 Å². The first-order valence-corrected chi connectivity index (χ1v) is 3.20. The minimum Gasteiger partial charge on any atom is -0.465 e. The highest BCUT2D eigenvalue weighted by Gasteiger charge is 2.00. The zero-order valence-electron chi connectivity index (χ0n) is 5.30. The summed E-state index contributed by atoms with van der Waals surface area (Å²) in [5.41, 5.74) is 0. The van der Waals surface area contributed by atoms with Crippen molar-refractivity contribution in [2.45, 2.75) is 19.3 Å². The van der Waals surface area contributed by atoms with Gasteiger partial charge in [-0.1, -0.05) is 12.2 Å². The molecule has 1 aliphatic rings. The lowest BCUT2D eigenvalue weighted by Gasteiger charge is -2.03. The highest BCUT2D eigenvalue weighted by Crippen LogP contribution is 1.99. The smallest absolute Gasteiger partial charge is 0.309 e. The molecule has 0 radical (unpaired) electrons. The minimum absolute atomic E-state index is 0.106. The van der Waals surface area contributed by atoms with E-state index in [-0.39, 0.29) is 5.97 Å². The van der Waals surface area contributed by atoms with Crippen LogP contribution < -0.4 is 0 Å². The topological polar surface area (TPSA) is 26.3 Å². The summed E-state index contributed by atoms with van der Waals surface area (Å²) in [7, 11) is 0. The molecule has 0 aromatic carbocycles. The average Bonchev–Trinajstić information content (AvgIpc) is 1.79. The molecular weight excluding hydrogens is 116 g/mol. The van der Waals surface area contributed by atoms with Crippen molar-refractivity contribution in [1.82, 2.24) is 0 Å². The van der Waals surface area contributed by atoms with Gasteiger partial charge in [0.15, 0.2) is 0 Å². The zero-order chi connectivity index (χ0) is 6.53. The SMILES string of the molecule is O=C1C/C=C\CCCO1. The summed E-state index contributed by atoms with van der Waals surface area (Å²) in [4.78, 5) is 10.6. The second-order valence-electron chi connectivity index (χ2n) is 2.04. The van der Waals surface area contributed by atoms with Crippen molar-refractivity contribution < 1.29 is 9.53 Å². The molecule has 1 aliphatic heterocycles. The van der Waals surface area contributed by atoms with Crippen LogP contribution in [0.15, 0.2) is 12.2 Å². The van der Waals surface area contributed by atoms with E-state index in [1.165, 1.54) is 0 Å². The van der Waals surface area contributed by atoms with E-state index in [0.717, 1.165) is 12.8 Å². The molecule has 0 bridgehead atoms. The summed E-state index contributed by atoms with van der Waals surface area (Å²) >= 11 is 0. The van der Waals surface area contributed by atoms with Crippen LogP contribution in [-0.2, 0) is 9.53 Å². The molecule has 2 heteroatoms. The van der Waals surface area contributed by atoms with E-state index in [4.69, 9.17) is 4.74 Å². The number of allylic oxidation sites excluding steroid dienone is 1. The lowest BCUT2D eigenvalue weighted by atomic mass is 10.2. The summed E-state index contributed by atoms with van der Waals surface area (Å²) in [6.07, 6.45) is 6.33. The summed E-state index contributed by atoms with van der Waals surface area (Å²) < 4.78 is 4.79. The van der Waals surface area contributed by atoms with Crippen LogP contribution in [0.2, 0.25) is 0 Å². The number of carbonyl (C=O) groups excluding carboxylic acids is 1. The first-order chi connectivity index (χ1) is 4.39. The van der Waals surface area contributed by atoms with Crippen LogP contribution in [0.5, 0.6) is 0 Å². The van der Waals surface area contributed by atoms with Crippen molar-refractivity contribution in [3.8, 4) is 0 Å². The Hall–Kier alpha value is -0.790. The first kappa shape index (κ1) is 6.33. The molecule has 0 atom stereocenters. The van der Waals surface area contributed by atoms with Crippen molar-refractivity contribution >= 4 is 5.97 Å². The van der Waals surface area contributed by atoms with Gasteiger partial charge in [-0.3, -0.25) is 4.79 Å². The number of rotatable bonds is 0. The molecule has 0 saturated heterocycles. The van der Waals surface area contributed by atoms with E-state index in [9.17, 15) is 4.79 Å². The Bertz CT molecular complexity index is 127. The molecule has 1 rings (SSSR count). The molecule has 0 saturated carbocycles. The van der Waals surface area contributed by atoms with Crippen molar-refractivity contribution in [3.05, 3.63) is 12.2 Å². The number of esters is 1. The van der Waals surface area contributed by atoms with Gasteiger partial charge in [-0.25, -0.2) is 0 Å². The molecule has 0 aromatic rings. The third-order valence-electron chi connectivity index (χ3n) is 1.23. The first-order valence-electron chi connectivity index (χ1n) is 3.20. The van der Waals surface area contributed by atoms with Crippen LogP contribution in [0.4, 0.5) is 0 Å². The Balaban J connectivity index is 2.37. The second kappa shape index (κ2) is 3.28. The monoisotopic (exact) mass is 126 g/mol. The Kier molecular flexibility index (Phi) is 2.31. The van der Waals surface area contributed by atoms with Crippen LogP contribution in [0.25, 0.3) is 0 Å². The minimum atomic E-state index is -0.106. The maximum atomic E-state index is 10.6. The summed E-state index contributed by atoms with van der Waals surface area (Å²) in [5, 5.41) is 0. The maximum absolute atomic E-state index is 10.6. The van der Waals surface area contributed by atoms with Crippen LogP contribution >= 0.6 is 0 Å². The summed E-state index contributed by atoms with van der Waals surface area (Å²) in [5.74, 6) is -0.106. The quantitative estimate of drug-likeness (QED) is 0.361. The van der Waals surface area contributed by atoms with Crippen molar-refractivity contribution in [2.24, 2.45) is 0 Å². The molecule has 1 heterocycles. The van der Waals surface area contributed by atoms with Gasteiger partial charge in [0.1, 0.15) is 0 Å². The maximum Gasteiger partial charge on any atom is 0.309 e. The average molecular weight is 126 g/mol. The Morgan fingerprint density at radius 1 is 1.44 bits per heavy atom. The lowest BCUT2D eigenvalue weighted by Crippen LogP contribution is -2.05. The van der Waals surface area contributed by atoms with E-state index in [1.54, 1.807) is 0 Å². The van der Waals surface area contributed by atoms with E-state index >= 15 is 0 Å². The standard InChI is InChI=1S/C7H10O2/c8-7-5-3-1-2-4-6-9-7/h1,3H,2,4-6H2/b3-1-. The van der Waals surface area contributed by atoms with Crippen LogP contribution in [0.1, 0.15) is 19.3 Å². The van der Waals surface area contributed by atoms with Gasteiger partial charge in [-0.15, -0.1) is 0 Å². The highest BCUT2D eigenvalue weighted by atomic mass is 16.5. The van der Waals surface area contributed by atoms with Crippen LogP contribution in [0, 0.1) is 0 Å². The Morgan fingerprint density at radius 2 is 2.33 bits per heavy atom. The normalized spacial score (nSPS) is 23.8. The third-order valence-corrected chi connectivity index (χ3v) is 1.23. The molecule has 50 valence electrons. The molecule has 9 heavy (non-hydrogen) atoms.